The number of rotatable bonds is 7. The highest BCUT2D eigenvalue weighted by atomic mass is 32.2. The number of aromatic nitrogens is 2. The molecule has 0 saturated heterocycles. The maximum absolute atomic E-state index is 13.1. The van der Waals surface area contributed by atoms with Crippen LogP contribution in [0.5, 0.6) is 0 Å². The van der Waals surface area contributed by atoms with E-state index in [0.717, 1.165) is 6.42 Å². The average Bonchev–Trinajstić information content (AvgIpc) is 3.01. The lowest BCUT2D eigenvalue weighted by Crippen LogP contribution is -2.34. The molecule has 5 nitrogen and oxygen atoms in total. The minimum atomic E-state index is -3.43. The summed E-state index contributed by atoms with van der Waals surface area (Å²) >= 11 is 0. The van der Waals surface area contributed by atoms with Gasteiger partial charge in [-0.2, -0.15) is 4.31 Å². The number of aromatic amines is 1. The number of benzene rings is 1. The largest absolute Gasteiger partial charge is 0.347 e. The Labute approximate surface area is 130 Å². The highest BCUT2D eigenvalue weighted by Crippen LogP contribution is 2.28. The Morgan fingerprint density at radius 2 is 2.00 bits per heavy atom. The second kappa shape index (κ2) is 7.02. The highest BCUT2D eigenvalue weighted by Gasteiger charge is 2.30. The molecule has 2 rings (SSSR count). The lowest BCUT2D eigenvalue weighted by molar-refractivity contribution is 0.405. The molecule has 1 aromatic carbocycles. The van der Waals surface area contributed by atoms with E-state index in [4.69, 9.17) is 0 Å². The standard InChI is InChI=1S/C15H20FN3O2S/c1-3-4-11-22(20,21)19(2)14(15-17-9-10-18-15)12-5-7-13(16)8-6-12/h5-10,14H,3-4,11H2,1-2H3,(H,17,18). The van der Waals surface area contributed by atoms with Crippen molar-refractivity contribution in [3.63, 3.8) is 0 Å². The van der Waals surface area contributed by atoms with Crippen molar-refractivity contribution in [3.8, 4) is 0 Å². The molecule has 0 spiro atoms. The fourth-order valence-corrected chi connectivity index (χ4v) is 3.73. The molecule has 0 aliphatic carbocycles. The van der Waals surface area contributed by atoms with Gasteiger partial charge in [0.05, 0.1) is 5.75 Å². The molecule has 1 atom stereocenters. The van der Waals surface area contributed by atoms with Gasteiger partial charge in [-0.15, -0.1) is 0 Å². The first-order chi connectivity index (χ1) is 10.5. The van der Waals surface area contributed by atoms with Crippen molar-refractivity contribution in [1.82, 2.24) is 14.3 Å². The number of H-pyrrole nitrogens is 1. The van der Waals surface area contributed by atoms with Gasteiger partial charge in [0.2, 0.25) is 10.0 Å². The Kier molecular flexibility index (Phi) is 5.31. The Morgan fingerprint density at radius 1 is 1.32 bits per heavy atom. The fourth-order valence-electron chi connectivity index (χ4n) is 2.24. The van der Waals surface area contributed by atoms with Crippen LogP contribution in [0.15, 0.2) is 36.7 Å². The van der Waals surface area contributed by atoms with Crippen LogP contribution in [0.25, 0.3) is 0 Å². The van der Waals surface area contributed by atoms with Gasteiger partial charge in [-0.25, -0.2) is 17.8 Å². The van der Waals surface area contributed by atoms with Gasteiger partial charge in [0.25, 0.3) is 0 Å². The van der Waals surface area contributed by atoms with Gasteiger partial charge in [-0.05, 0) is 24.1 Å². The van der Waals surface area contributed by atoms with E-state index >= 15 is 0 Å². The van der Waals surface area contributed by atoms with Crippen molar-refractivity contribution >= 4 is 10.0 Å². The number of sulfonamides is 1. The lowest BCUT2D eigenvalue weighted by Gasteiger charge is -2.26. The van der Waals surface area contributed by atoms with Crippen molar-refractivity contribution < 1.29 is 12.8 Å². The molecule has 22 heavy (non-hydrogen) atoms. The van der Waals surface area contributed by atoms with Gasteiger partial charge in [0, 0.05) is 19.4 Å². The number of hydrogen-bond donors (Lipinski definition) is 1. The third-order valence-electron chi connectivity index (χ3n) is 3.52. The molecule has 0 bridgehead atoms. The number of hydrogen-bond acceptors (Lipinski definition) is 3. The van der Waals surface area contributed by atoms with Crippen LogP contribution in [0.1, 0.15) is 37.2 Å². The Bertz CT molecular complexity index is 684. The monoisotopic (exact) mass is 325 g/mol. The van der Waals surface area contributed by atoms with Crippen molar-refractivity contribution in [2.24, 2.45) is 0 Å². The third kappa shape index (κ3) is 3.72. The predicted molar refractivity (Wildman–Crippen MR) is 83.3 cm³/mol. The first-order valence-corrected chi connectivity index (χ1v) is 8.77. The summed E-state index contributed by atoms with van der Waals surface area (Å²) in [6.45, 7) is 1.94. The van der Waals surface area contributed by atoms with E-state index < -0.39 is 16.1 Å². The van der Waals surface area contributed by atoms with Gasteiger partial charge in [0.15, 0.2) is 0 Å². The van der Waals surface area contributed by atoms with Crippen LogP contribution in [0.3, 0.4) is 0 Å². The average molecular weight is 325 g/mol. The molecule has 0 aliphatic heterocycles. The lowest BCUT2D eigenvalue weighted by atomic mass is 10.1. The highest BCUT2D eigenvalue weighted by molar-refractivity contribution is 7.89. The summed E-state index contributed by atoms with van der Waals surface area (Å²) in [4.78, 5) is 7.12. The summed E-state index contributed by atoms with van der Waals surface area (Å²) in [6.07, 6.45) is 4.60. The van der Waals surface area contributed by atoms with Crippen LogP contribution in [0.2, 0.25) is 0 Å². The van der Waals surface area contributed by atoms with Crippen LogP contribution >= 0.6 is 0 Å². The summed E-state index contributed by atoms with van der Waals surface area (Å²) in [5.74, 6) is 0.228. The molecule has 0 fully saturated rings. The number of imidazole rings is 1. The number of halogens is 1. The van der Waals surface area contributed by atoms with Gasteiger partial charge < -0.3 is 4.98 Å². The molecular formula is C15H20FN3O2S. The van der Waals surface area contributed by atoms with Crippen LogP contribution in [0.4, 0.5) is 4.39 Å². The quantitative estimate of drug-likeness (QED) is 0.851. The van der Waals surface area contributed by atoms with Gasteiger partial charge in [0.1, 0.15) is 17.7 Å². The third-order valence-corrected chi connectivity index (χ3v) is 5.42. The van der Waals surface area contributed by atoms with E-state index in [0.29, 0.717) is 17.8 Å². The Morgan fingerprint density at radius 3 is 2.55 bits per heavy atom. The number of unbranched alkanes of at least 4 members (excludes halogenated alkanes) is 1. The maximum atomic E-state index is 13.1. The molecule has 2 aromatic rings. The molecule has 0 amide bonds. The van der Waals surface area contributed by atoms with Crippen LogP contribution < -0.4 is 0 Å². The first-order valence-electron chi connectivity index (χ1n) is 7.16. The second-order valence-corrected chi connectivity index (χ2v) is 7.26. The minimum absolute atomic E-state index is 0.0817. The van der Waals surface area contributed by atoms with Gasteiger partial charge in [-0.3, -0.25) is 0 Å². The van der Waals surface area contributed by atoms with Crippen LogP contribution in [-0.4, -0.2) is 35.5 Å². The molecule has 0 radical (unpaired) electrons. The van der Waals surface area contributed by atoms with Gasteiger partial charge >= 0.3 is 0 Å². The molecule has 120 valence electrons. The summed E-state index contributed by atoms with van der Waals surface area (Å²) < 4.78 is 39.4. The van der Waals surface area contributed by atoms with Crippen LogP contribution in [0, 0.1) is 5.82 Å². The second-order valence-electron chi connectivity index (χ2n) is 5.11. The van der Waals surface area contributed by atoms with E-state index in [1.807, 2.05) is 6.92 Å². The molecule has 1 heterocycles. The summed E-state index contributed by atoms with van der Waals surface area (Å²) in [5.41, 5.74) is 0.666. The van der Waals surface area contributed by atoms with E-state index in [1.165, 1.54) is 23.5 Å². The van der Waals surface area contributed by atoms with Crippen molar-refractivity contribution in [1.29, 1.82) is 0 Å². The van der Waals surface area contributed by atoms with E-state index in [2.05, 4.69) is 9.97 Å². The molecule has 1 N–H and O–H groups in total. The normalized spacial score (nSPS) is 13.5. The first kappa shape index (κ1) is 16.6. The van der Waals surface area contributed by atoms with E-state index in [1.54, 1.807) is 24.5 Å². The van der Waals surface area contributed by atoms with Crippen molar-refractivity contribution in [2.75, 3.05) is 12.8 Å². The van der Waals surface area contributed by atoms with E-state index in [9.17, 15) is 12.8 Å². The van der Waals surface area contributed by atoms with Gasteiger partial charge in [-0.1, -0.05) is 25.5 Å². The smallest absolute Gasteiger partial charge is 0.214 e. The molecule has 1 aromatic heterocycles. The topological polar surface area (TPSA) is 66.1 Å². The molecular weight excluding hydrogens is 305 g/mol. The zero-order chi connectivity index (χ0) is 16.2. The summed E-state index contributed by atoms with van der Waals surface area (Å²) in [6, 6.07) is 5.19. The molecule has 0 aliphatic rings. The van der Waals surface area contributed by atoms with Crippen LogP contribution in [-0.2, 0) is 10.0 Å². The molecule has 0 saturated carbocycles. The minimum Gasteiger partial charge on any atom is -0.347 e. The van der Waals surface area contributed by atoms with Crippen molar-refractivity contribution in [2.45, 2.75) is 25.8 Å². The summed E-state index contributed by atoms with van der Waals surface area (Å²) in [7, 11) is -1.90. The zero-order valence-corrected chi connectivity index (χ0v) is 13.5. The molecule has 1 unspecified atom stereocenters. The fraction of sp³-hybridized carbons (Fsp3) is 0.400. The summed E-state index contributed by atoms with van der Waals surface area (Å²) in [5, 5.41) is 0. The maximum Gasteiger partial charge on any atom is 0.214 e. The number of nitrogens with zero attached hydrogens (tertiary/aromatic N) is 2. The zero-order valence-electron chi connectivity index (χ0n) is 12.7. The van der Waals surface area contributed by atoms with Crippen molar-refractivity contribution in [3.05, 3.63) is 53.9 Å². The molecule has 7 heteroatoms. The predicted octanol–water partition coefficient (Wildman–Crippen LogP) is 2.70. The Hall–Kier alpha value is -1.73. The van der Waals surface area contributed by atoms with E-state index in [-0.39, 0.29) is 11.6 Å². The number of nitrogens with one attached hydrogen (secondary N) is 1. The Balaban J connectivity index is 2.39. The SMILES string of the molecule is CCCCS(=O)(=O)N(C)C(c1ccc(F)cc1)c1ncc[nH]1.